The summed E-state index contributed by atoms with van der Waals surface area (Å²) < 4.78 is 42.7. The van der Waals surface area contributed by atoms with Gasteiger partial charge in [-0.05, 0) is 35.9 Å². The summed E-state index contributed by atoms with van der Waals surface area (Å²) in [5, 5.41) is 14.3. The highest BCUT2D eigenvalue weighted by Crippen LogP contribution is 2.29. The number of alkyl halides is 3. The normalized spacial score (nSPS) is 12.2. The summed E-state index contributed by atoms with van der Waals surface area (Å²) in [6.07, 6.45) is -4.44. The fraction of sp³-hybridized carbons (Fsp3) is 0.263. The van der Waals surface area contributed by atoms with Gasteiger partial charge in [0.25, 0.3) is 5.91 Å². The topological polar surface area (TPSA) is 87.7 Å². The van der Waals surface area contributed by atoms with E-state index in [0.29, 0.717) is 11.3 Å². The Morgan fingerprint density at radius 3 is 2.39 bits per heavy atom. The number of amides is 2. The molecule has 0 saturated heterocycles. The molecule has 1 atom stereocenters. The maximum Gasteiger partial charge on any atom is 0.416 e. The van der Waals surface area contributed by atoms with E-state index >= 15 is 0 Å². The van der Waals surface area contributed by atoms with Gasteiger partial charge in [-0.15, -0.1) is 0 Å². The first-order chi connectivity index (χ1) is 13.2. The van der Waals surface area contributed by atoms with Gasteiger partial charge in [0, 0.05) is 12.1 Å². The molecule has 0 heterocycles. The average molecular weight is 396 g/mol. The maximum absolute atomic E-state index is 12.5. The largest absolute Gasteiger partial charge is 0.497 e. The van der Waals surface area contributed by atoms with E-state index in [1.807, 2.05) is 0 Å². The van der Waals surface area contributed by atoms with E-state index in [1.54, 1.807) is 12.1 Å². The lowest BCUT2D eigenvalue weighted by Crippen LogP contribution is -2.48. The van der Waals surface area contributed by atoms with Crippen molar-refractivity contribution in [3.05, 3.63) is 65.2 Å². The summed E-state index contributed by atoms with van der Waals surface area (Å²) in [7, 11) is 1.45. The predicted molar refractivity (Wildman–Crippen MR) is 94.6 cm³/mol. The number of halogens is 3. The summed E-state index contributed by atoms with van der Waals surface area (Å²) in [5.74, 6) is -0.791. The molecule has 0 aliphatic rings. The first-order valence-electron chi connectivity index (χ1n) is 8.24. The minimum atomic E-state index is -4.44. The molecule has 0 aliphatic carbocycles. The van der Waals surface area contributed by atoms with Gasteiger partial charge in [0.2, 0.25) is 5.91 Å². The lowest BCUT2D eigenvalue weighted by Gasteiger charge is -2.16. The van der Waals surface area contributed by atoms with Gasteiger partial charge in [-0.1, -0.05) is 18.2 Å². The summed E-state index contributed by atoms with van der Waals surface area (Å²) in [5.41, 5.74) is -0.105. The minimum absolute atomic E-state index is 0.0531. The number of methoxy groups -OCH3 is 1. The SMILES string of the molecule is COc1cccc(C(=O)NC(CO)C(=O)NCc2ccc(C(F)(F)F)cc2)c1. The van der Waals surface area contributed by atoms with Crippen molar-refractivity contribution in [1.82, 2.24) is 10.6 Å². The van der Waals surface area contributed by atoms with Gasteiger partial charge < -0.3 is 20.5 Å². The van der Waals surface area contributed by atoms with Gasteiger partial charge in [0.1, 0.15) is 11.8 Å². The lowest BCUT2D eigenvalue weighted by atomic mass is 10.1. The van der Waals surface area contributed by atoms with Crippen molar-refractivity contribution in [2.75, 3.05) is 13.7 Å². The van der Waals surface area contributed by atoms with Crippen molar-refractivity contribution in [3.8, 4) is 5.75 Å². The lowest BCUT2D eigenvalue weighted by molar-refractivity contribution is -0.137. The highest BCUT2D eigenvalue weighted by Gasteiger charge is 2.30. The van der Waals surface area contributed by atoms with Crippen molar-refractivity contribution in [1.29, 1.82) is 0 Å². The van der Waals surface area contributed by atoms with Crippen LogP contribution in [0.25, 0.3) is 0 Å². The highest BCUT2D eigenvalue weighted by atomic mass is 19.4. The van der Waals surface area contributed by atoms with Crippen LogP contribution < -0.4 is 15.4 Å². The van der Waals surface area contributed by atoms with Crippen LogP contribution >= 0.6 is 0 Å². The van der Waals surface area contributed by atoms with Gasteiger partial charge in [-0.2, -0.15) is 13.2 Å². The third-order valence-corrected chi connectivity index (χ3v) is 3.88. The van der Waals surface area contributed by atoms with E-state index in [4.69, 9.17) is 4.74 Å². The van der Waals surface area contributed by atoms with E-state index in [1.165, 1.54) is 31.4 Å². The number of hydrogen-bond donors (Lipinski definition) is 3. The second-order valence-corrected chi connectivity index (χ2v) is 5.85. The number of carbonyl (C=O) groups is 2. The molecular weight excluding hydrogens is 377 g/mol. The number of carbonyl (C=O) groups excluding carboxylic acids is 2. The zero-order chi connectivity index (χ0) is 20.7. The first kappa shape index (κ1) is 21.2. The molecule has 2 aromatic carbocycles. The Morgan fingerprint density at radius 1 is 1.14 bits per heavy atom. The van der Waals surface area contributed by atoms with Gasteiger partial charge in [-0.3, -0.25) is 9.59 Å². The third-order valence-electron chi connectivity index (χ3n) is 3.88. The van der Waals surface area contributed by atoms with Crippen LogP contribution in [-0.4, -0.2) is 36.7 Å². The smallest absolute Gasteiger partial charge is 0.416 e. The summed E-state index contributed by atoms with van der Waals surface area (Å²) in [6, 6.07) is 9.34. The van der Waals surface area contributed by atoms with E-state index in [-0.39, 0.29) is 12.1 Å². The van der Waals surface area contributed by atoms with Crippen molar-refractivity contribution in [2.45, 2.75) is 18.8 Å². The Labute approximate surface area is 159 Å². The molecule has 0 radical (unpaired) electrons. The number of ether oxygens (including phenoxy) is 1. The van der Waals surface area contributed by atoms with Crippen LogP contribution in [0.1, 0.15) is 21.5 Å². The summed E-state index contributed by atoms with van der Waals surface area (Å²) in [4.78, 5) is 24.4. The molecule has 2 amide bonds. The molecule has 0 bridgehead atoms. The molecule has 3 N–H and O–H groups in total. The van der Waals surface area contributed by atoms with Crippen LogP contribution in [0.4, 0.5) is 13.2 Å². The van der Waals surface area contributed by atoms with Crippen molar-refractivity contribution < 1.29 is 32.6 Å². The molecule has 2 aromatic rings. The van der Waals surface area contributed by atoms with E-state index < -0.39 is 36.2 Å². The second-order valence-electron chi connectivity index (χ2n) is 5.85. The fourth-order valence-corrected chi connectivity index (χ4v) is 2.32. The molecular formula is C19H19F3N2O4. The predicted octanol–water partition coefficient (Wildman–Crippen LogP) is 2.12. The van der Waals surface area contributed by atoms with Crippen LogP contribution in [0, 0.1) is 0 Å². The molecule has 0 aliphatic heterocycles. The Balaban J connectivity index is 1.94. The Morgan fingerprint density at radius 2 is 1.82 bits per heavy atom. The second kappa shape index (κ2) is 9.23. The molecule has 0 saturated carbocycles. The highest BCUT2D eigenvalue weighted by molar-refractivity contribution is 5.97. The van der Waals surface area contributed by atoms with Gasteiger partial charge in [0.15, 0.2) is 0 Å². The van der Waals surface area contributed by atoms with Crippen LogP contribution in [0.5, 0.6) is 5.75 Å². The van der Waals surface area contributed by atoms with E-state index in [9.17, 15) is 27.9 Å². The molecule has 9 heteroatoms. The zero-order valence-electron chi connectivity index (χ0n) is 14.9. The fourth-order valence-electron chi connectivity index (χ4n) is 2.32. The van der Waals surface area contributed by atoms with Gasteiger partial charge >= 0.3 is 6.18 Å². The molecule has 28 heavy (non-hydrogen) atoms. The monoisotopic (exact) mass is 396 g/mol. The number of aliphatic hydroxyl groups is 1. The van der Waals surface area contributed by atoms with E-state index in [0.717, 1.165) is 12.1 Å². The Bertz CT molecular complexity index is 823. The summed E-state index contributed by atoms with van der Waals surface area (Å²) in [6.45, 7) is -0.697. The van der Waals surface area contributed by atoms with Crippen molar-refractivity contribution >= 4 is 11.8 Å². The molecule has 1 unspecified atom stereocenters. The minimum Gasteiger partial charge on any atom is -0.497 e. The van der Waals surface area contributed by atoms with Crippen LogP contribution in [-0.2, 0) is 17.5 Å². The van der Waals surface area contributed by atoms with E-state index in [2.05, 4.69) is 10.6 Å². The van der Waals surface area contributed by atoms with Gasteiger partial charge in [0.05, 0.1) is 19.3 Å². The van der Waals surface area contributed by atoms with Crippen LogP contribution in [0.3, 0.4) is 0 Å². The number of nitrogens with one attached hydrogen (secondary N) is 2. The van der Waals surface area contributed by atoms with Crippen LogP contribution in [0.15, 0.2) is 48.5 Å². The molecule has 0 spiro atoms. The molecule has 0 aromatic heterocycles. The summed E-state index contributed by atoms with van der Waals surface area (Å²) >= 11 is 0. The van der Waals surface area contributed by atoms with Crippen molar-refractivity contribution in [2.24, 2.45) is 0 Å². The van der Waals surface area contributed by atoms with Gasteiger partial charge in [-0.25, -0.2) is 0 Å². The number of rotatable bonds is 7. The molecule has 150 valence electrons. The van der Waals surface area contributed by atoms with Crippen LogP contribution in [0.2, 0.25) is 0 Å². The Kier molecular flexibility index (Phi) is 7.00. The Hall–Kier alpha value is -3.07. The molecule has 6 nitrogen and oxygen atoms in total. The zero-order valence-corrected chi connectivity index (χ0v) is 14.9. The quantitative estimate of drug-likeness (QED) is 0.669. The molecule has 2 rings (SSSR count). The third kappa shape index (κ3) is 5.71. The average Bonchev–Trinajstić information content (AvgIpc) is 2.69. The standard InChI is InChI=1S/C19H19F3N2O4/c1-28-15-4-2-3-13(9-15)17(26)24-16(11-25)18(27)23-10-12-5-7-14(8-6-12)19(20,21)22/h2-9,16,25H,10-11H2,1H3,(H,23,27)(H,24,26). The van der Waals surface area contributed by atoms with Crippen molar-refractivity contribution in [3.63, 3.8) is 0 Å². The number of hydrogen-bond acceptors (Lipinski definition) is 4. The number of aliphatic hydroxyl groups excluding tert-OH is 1. The number of benzene rings is 2. The maximum atomic E-state index is 12.5. The molecule has 0 fully saturated rings. The first-order valence-corrected chi connectivity index (χ1v) is 8.24.